The lowest BCUT2D eigenvalue weighted by Gasteiger charge is -2.23. The molecule has 1 aromatic rings. The number of carbonyl (C=O) groups is 1. The molecule has 1 saturated heterocycles. The molecule has 1 aliphatic rings. The van der Waals surface area contributed by atoms with Crippen molar-refractivity contribution in [3.05, 3.63) is 28.8 Å². The summed E-state index contributed by atoms with van der Waals surface area (Å²) in [6.45, 7) is 3.69. The molecule has 100 valence electrons. The molecule has 0 bridgehead atoms. The summed E-state index contributed by atoms with van der Waals surface area (Å²) < 4.78 is 5.25. The first-order valence-electron chi connectivity index (χ1n) is 5.55. The number of amides is 1. The quantitative estimate of drug-likeness (QED) is 0.876. The van der Waals surface area contributed by atoms with Crippen LogP contribution in [0.3, 0.4) is 0 Å². The van der Waals surface area contributed by atoms with Crippen molar-refractivity contribution in [2.24, 2.45) is 0 Å². The van der Waals surface area contributed by atoms with Crippen molar-refractivity contribution in [2.75, 3.05) is 25.1 Å². The molecule has 0 saturated carbocycles. The minimum Gasteiger partial charge on any atom is -0.378 e. The number of nitrogens with one attached hydrogen (secondary N) is 2. The fourth-order valence-electron chi connectivity index (χ4n) is 1.68. The standard InChI is InChI=1S/C12H15ClN2O2.ClH/c1-8-2-3-9(13)6-10(8)15-12(16)11-7-17-5-4-14-11;/h2-3,6,11,14H,4-5,7H2,1H3,(H,15,16);1H. The Morgan fingerprint density at radius 3 is 3.00 bits per heavy atom. The van der Waals surface area contributed by atoms with Crippen LogP contribution in [0, 0.1) is 6.92 Å². The smallest absolute Gasteiger partial charge is 0.243 e. The predicted molar refractivity (Wildman–Crippen MR) is 74.7 cm³/mol. The van der Waals surface area contributed by atoms with E-state index in [9.17, 15) is 4.79 Å². The number of hydrogen-bond acceptors (Lipinski definition) is 3. The molecule has 1 atom stereocenters. The molecule has 1 aliphatic heterocycles. The number of hydrogen-bond donors (Lipinski definition) is 2. The first-order chi connectivity index (χ1) is 8.16. The number of morpholine rings is 1. The van der Waals surface area contributed by atoms with Crippen molar-refractivity contribution < 1.29 is 9.53 Å². The topological polar surface area (TPSA) is 50.4 Å². The molecular weight excluding hydrogens is 275 g/mol. The highest BCUT2D eigenvalue weighted by atomic mass is 35.5. The van der Waals surface area contributed by atoms with Gasteiger partial charge in [-0.25, -0.2) is 0 Å². The first kappa shape index (κ1) is 15.2. The average Bonchev–Trinajstić information content (AvgIpc) is 2.35. The Bertz CT molecular complexity index is 421. The summed E-state index contributed by atoms with van der Waals surface area (Å²) in [5, 5.41) is 6.57. The third-order valence-corrected chi connectivity index (χ3v) is 2.93. The number of halogens is 2. The van der Waals surface area contributed by atoms with E-state index in [0.29, 0.717) is 24.8 Å². The molecule has 1 unspecified atom stereocenters. The Labute approximate surface area is 117 Å². The average molecular weight is 291 g/mol. The van der Waals surface area contributed by atoms with E-state index in [2.05, 4.69) is 10.6 Å². The van der Waals surface area contributed by atoms with Gasteiger partial charge in [-0.3, -0.25) is 4.79 Å². The fourth-order valence-corrected chi connectivity index (χ4v) is 1.85. The third kappa shape index (κ3) is 3.85. The molecule has 0 aromatic heterocycles. The van der Waals surface area contributed by atoms with Crippen LogP contribution in [-0.2, 0) is 9.53 Å². The number of rotatable bonds is 2. The zero-order valence-corrected chi connectivity index (χ0v) is 11.6. The zero-order chi connectivity index (χ0) is 12.3. The lowest BCUT2D eigenvalue weighted by Crippen LogP contribution is -2.48. The van der Waals surface area contributed by atoms with Crippen LogP contribution in [0.15, 0.2) is 18.2 Å². The van der Waals surface area contributed by atoms with Gasteiger partial charge >= 0.3 is 0 Å². The Kier molecular flexibility index (Phi) is 5.88. The molecule has 0 spiro atoms. The number of anilines is 1. The Hall–Kier alpha value is -0.810. The number of ether oxygens (including phenoxy) is 1. The van der Waals surface area contributed by atoms with E-state index in [1.165, 1.54) is 0 Å². The van der Waals surface area contributed by atoms with E-state index >= 15 is 0 Å². The number of aryl methyl sites for hydroxylation is 1. The first-order valence-corrected chi connectivity index (χ1v) is 5.93. The van der Waals surface area contributed by atoms with Crippen LogP contribution in [0.1, 0.15) is 5.56 Å². The molecular formula is C12H16Cl2N2O2. The molecule has 1 fully saturated rings. The highest BCUT2D eigenvalue weighted by Gasteiger charge is 2.21. The van der Waals surface area contributed by atoms with Gasteiger partial charge < -0.3 is 15.4 Å². The Balaban J connectivity index is 0.00000162. The second kappa shape index (κ2) is 6.95. The third-order valence-electron chi connectivity index (χ3n) is 2.70. The van der Waals surface area contributed by atoms with Crippen molar-refractivity contribution in [1.29, 1.82) is 0 Å². The monoisotopic (exact) mass is 290 g/mol. The van der Waals surface area contributed by atoms with E-state index in [4.69, 9.17) is 16.3 Å². The summed E-state index contributed by atoms with van der Waals surface area (Å²) in [6.07, 6.45) is 0. The molecule has 0 aliphatic carbocycles. The Morgan fingerprint density at radius 1 is 1.56 bits per heavy atom. The molecule has 6 heteroatoms. The summed E-state index contributed by atoms with van der Waals surface area (Å²) in [7, 11) is 0. The largest absolute Gasteiger partial charge is 0.378 e. The van der Waals surface area contributed by atoms with Gasteiger partial charge in [-0.15, -0.1) is 12.4 Å². The molecule has 18 heavy (non-hydrogen) atoms. The van der Waals surface area contributed by atoms with Crippen LogP contribution in [0.2, 0.25) is 5.02 Å². The van der Waals surface area contributed by atoms with Gasteiger partial charge in [0, 0.05) is 17.3 Å². The summed E-state index contributed by atoms with van der Waals surface area (Å²) in [6, 6.07) is 5.14. The van der Waals surface area contributed by atoms with Crippen molar-refractivity contribution in [3.63, 3.8) is 0 Å². The fraction of sp³-hybridized carbons (Fsp3) is 0.417. The predicted octanol–water partition coefficient (Wildman–Crippen LogP) is 2.00. The van der Waals surface area contributed by atoms with Crippen LogP contribution < -0.4 is 10.6 Å². The summed E-state index contributed by atoms with van der Waals surface area (Å²) in [5.41, 5.74) is 1.73. The van der Waals surface area contributed by atoms with Gasteiger partial charge in [0.05, 0.1) is 13.2 Å². The van der Waals surface area contributed by atoms with Gasteiger partial charge in [0.15, 0.2) is 0 Å². The van der Waals surface area contributed by atoms with Crippen LogP contribution in [0.4, 0.5) is 5.69 Å². The Morgan fingerprint density at radius 2 is 2.33 bits per heavy atom. The minimum atomic E-state index is -0.290. The summed E-state index contributed by atoms with van der Waals surface area (Å²) >= 11 is 5.89. The van der Waals surface area contributed by atoms with E-state index in [1.54, 1.807) is 12.1 Å². The van der Waals surface area contributed by atoms with Gasteiger partial charge in [-0.05, 0) is 24.6 Å². The van der Waals surface area contributed by atoms with E-state index < -0.39 is 0 Å². The van der Waals surface area contributed by atoms with Crippen molar-refractivity contribution in [2.45, 2.75) is 13.0 Å². The molecule has 1 amide bonds. The number of carbonyl (C=O) groups excluding carboxylic acids is 1. The zero-order valence-electron chi connectivity index (χ0n) is 10.0. The van der Waals surface area contributed by atoms with E-state index in [0.717, 1.165) is 11.3 Å². The van der Waals surface area contributed by atoms with Crippen LogP contribution in [0.25, 0.3) is 0 Å². The van der Waals surface area contributed by atoms with Crippen LogP contribution >= 0.6 is 24.0 Å². The molecule has 4 nitrogen and oxygen atoms in total. The number of benzene rings is 1. The lowest BCUT2D eigenvalue weighted by atomic mass is 10.2. The maximum atomic E-state index is 11.9. The van der Waals surface area contributed by atoms with Gasteiger partial charge in [0.25, 0.3) is 0 Å². The van der Waals surface area contributed by atoms with Crippen LogP contribution in [-0.4, -0.2) is 31.7 Å². The van der Waals surface area contributed by atoms with E-state index in [-0.39, 0.29) is 24.4 Å². The van der Waals surface area contributed by atoms with Crippen molar-refractivity contribution in [1.82, 2.24) is 5.32 Å². The highest BCUT2D eigenvalue weighted by molar-refractivity contribution is 6.31. The minimum absolute atomic E-state index is 0. The molecule has 2 N–H and O–H groups in total. The van der Waals surface area contributed by atoms with Gasteiger partial charge in [0.2, 0.25) is 5.91 Å². The molecule has 1 aromatic carbocycles. The highest BCUT2D eigenvalue weighted by Crippen LogP contribution is 2.20. The summed E-state index contributed by atoms with van der Waals surface area (Å²) in [5.74, 6) is -0.0879. The van der Waals surface area contributed by atoms with Crippen LogP contribution in [0.5, 0.6) is 0 Å². The second-order valence-electron chi connectivity index (χ2n) is 4.03. The van der Waals surface area contributed by atoms with Gasteiger partial charge in [-0.2, -0.15) is 0 Å². The lowest BCUT2D eigenvalue weighted by molar-refractivity contribution is -0.120. The van der Waals surface area contributed by atoms with Gasteiger partial charge in [0.1, 0.15) is 6.04 Å². The maximum absolute atomic E-state index is 11.9. The molecule has 0 radical (unpaired) electrons. The second-order valence-corrected chi connectivity index (χ2v) is 4.47. The van der Waals surface area contributed by atoms with Gasteiger partial charge in [-0.1, -0.05) is 17.7 Å². The van der Waals surface area contributed by atoms with Crippen molar-refractivity contribution >= 4 is 35.6 Å². The van der Waals surface area contributed by atoms with Crippen molar-refractivity contribution in [3.8, 4) is 0 Å². The molecule has 2 rings (SSSR count). The SMILES string of the molecule is Cc1ccc(Cl)cc1NC(=O)C1COCCN1.Cl. The van der Waals surface area contributed by atoms with E-state index in [1.807, 2.05) is 13.0 Å². The molecule has 1 heterocycles. The summed E-state index contributed by atoms with van der Waals surface area (Å²) in [4.78, 5) is 11.9. The normalized spacial score (nSPS) is 18.9. The maximum Gasteiger partial charge on any atom is 0.243 e.